The zero-order chi connectivity index (χ0) is 25.2. The summed E-state index contributed by atoms with van der Waals surface area (Å²) in [5.74, 6) is 0.968. The highest BCUT2D eigenvalue weighted by Gasteiger charge is 2.29. The first kappa shape index (κ1) is 24.5. The number of nitrogens with zero attached hydrogens (tertiary/aromatic N) is 6. The second-order valence-corrected chi connectivity index (χ2v) is 9.72. The second-order valence-electron chi connectivity index (χ2n) is 9.34. The average molecular weight is 511 g/mol. The predicted molar refractivity (Wildman–Crippen MR) is 139 cm³/mol. The van der Waals surface area contributed by atoms with E-state index in [0.29, 0.717) is 30.2 Å². The summed E-state index contributed by atoms with van der Waals surface area (Å²) in [6.07, 6.45) is 5.17. The van der Waals surface area contributed by atoms with E-state index in [9.17, 15) is 4.79 Å². The molecule has 1 aromatic carbocycles. The van der Waals surface area contributed by atoms with Crippen molar-refractivity contribution in [3.05, 3.63) is 47.0 Å². The van der Waals surface area contributed by atoms with Crippen LogP contribution in [-0.4, -0.2) is 91.2 Å². The molecule has 0 radical (unpaired) electrons. The van der Waals surface area contributed by atoms with Crippen molar-refractivity contribution in [1.82, 2.24) is 24.8 Å². The van der Waals surface area contributed by atoms with E-state index in [0.717, 1.165) is 61.4 Å². The maximum Gasteiger partial charge on any atom is 0.255 e. The number of piperidine rings is 1. The summed E-state index contributed by atoms with van der Waals surface area (Å²) < 4.78 is 10.6. The first-order chi connectivity index (χ1) is 17.5. The summed E-state index contributed by atoms with van der Waals surface area (Å²) in [5, 5.41) is 0.270. The molecule has 0 aliphatic carbocycles. The van der Waals surface area contributed by atoms with E-state index < -0.39 is 0 Å². The Morgan fingerprint density at radius 3 is 2.44 bits per heavy atom. The molecular formula is C26H31ClN6O3. The zero-order valence-electron chi connectivity index (χ0n) is 20.9. The molecule has 2 fully saturated rings. The fourth-order valence-electron chi connectivity index (χ4n) is 5.07. The van der Waals surface area contributed by atoms with Crippen molar-refractivity contribution in [2.24, 2.45) is 0 Å². The number of benzene rings is 1. The molecule has 190 valence electrons. The molecule has 1 amide bonds. The van der Waals surface area contributed by atoms with E-state index in [-0.39, 0.29) is 16.8 Å². The number of anilines is 1. The molecule has 0 atom stereocenters. The van der Waals surface area contributed by atoms with Gasteiger partial charge >= 0.3 is 0 Å². The minimum atomic E-state index is -0.109. The minimum Gasteiger partial charge on any atom is -0.493 e. The van der Waals surface area contributed by atoms with Crippen LogP contribution in [0.4, 0.5) is 5.69 Å². The Morgan fingerprint density at radius 1 is 1.00 bits per heavy atom. The Kier molecular flexibility index (Phi) is 7.11. The molecule has 2 aliphatic rings. The van der Waals surface area contributed by atoms with Crippen LogP contribution in [0.25, 0.3) is 11.0 Å². The van der Waals surface area contributed by atoms with Crippen molar-refractivity contribution >= 4 is 34.2 Å². The monoisotopic (exact) mass is 510 g/mol. The van der Waals surface area contributed by atoms with Gasteiger partial charge in [0, 0.05) is 45.2 Å². The number of likely N-dealkylation sites (tertiary alicyclic amines) is 1. The molecule has 4 heterocycles. The van der Waals surface area contributed by atoms with Gasteiger partial charge in [-0.05, 0) is 38.1 Å². The molecule has 0 N–H and O–H groups in total. The van der Waals surface area contributed by atoms with Gasteiger partial charge in [0.2, 0.25) is 0 Å². The van der Waals surface area contributed by atoms with Crippen LogP contribution < -0.4 is 14.4 Å². The van der Waals surface area contributed by atoms with Gasteiger partial charge in [-0.15, -0.1) is 0 Å². The van der Waals surface area contributed by atoms with Crippen molar-refractivity contribution in [2.45, 2.75) is 18.8 Å². The lowest BCUT2D eigenvalue weighted by Gasteiger charge is -2.34. The molecule has 10 heteroatoms. The van der Waals surface area contributed by atoms with E-state index in [1.54, 1.807) is 25.6 Å². The van der Waals surface area contributed by atoms with Crippen LogP contribution in [0.15, 0.2) is 30.7 Å². The third-order valence-electron chi connectivity index (χ3n) is 7.24. The number of halogens is 1. The summed E-state index contributed by atoms with van der Waals surface area (Å²) in [5.41, 5.74) is 4.20. The maximum absolute atomic E-state index is 13.3. The van der Waals surface area contributed by atoms with Gasteiger partial charge in [0.1, 0.15) is 11.8 Å². The number of likely N-dealkylation sites (N-methyl/N-ethyl adjacent to an activating group) is 1. The Labute approximate surface area is 216 Å². The fraction of sp³-hybridized carbons (Fsp3) is 0.462. The smallest absolute Gasteiger partial charge is 0.255 e. The quantitative estimate of drug-likeness (QED) is 0.516. The van der Waals surface area contributed by atoms with Crippen LogP contribution in [0, 0.1) is 0 Å². The lowest BCUT2D eigenvalue weighted by Crippen LogP contribution is -2.44. The van der Waals surface area contributed by atoms with Gasteiger partial charge in [-0.1, -0.05) is 11.6 Å². The van der Waals surface area contributed by atoms with Gasteiger partial charge in [-0.2, -0.15) is 0 Å². The van der Waals surface area contributed by atoms with Crippen LogP contribution in [-0.2, 0) is 0 Å². The fourth-order valence-corrected chi connectivity index (χ4v) is 5.38. The van der Waals surface area contributed by atoms with Gasteiger partial charge in [0.25, 0.3) is 5.91 Å². The van der Waals surface area contributed by atoms with Crippen molar-refractivity contribution in [3.63, 3.8) is 0 Å². The highest BCUT2D eigenvalue weighted by Crippen LogP contribution is 2.38. The first-order valence-corrected chi connectivity index (χ1v) is 12.6. The Morgan fingerprint density at radius 2 is 1.75 bits per heavy atom. The standard InChI is InChI=1S/C26H31ClN6O3/c1-31-10-12-32(13-11-31)18-14-20-24(28-15-18)23(30-16-29-20)17-6-8-33(9-7-17)26(34)19-4-5-21(35-2)25(36-3)22(19)27/h4-5,14-17H,6-13H2,1-3H3. The van der Waals surface area contributed by atoms with E-state index in [1.165, 1.54) is 7.11 Å². The lowest BCUT2D eigenvalue weighted by atomic mass is 9.92. The number of methoxy groups -OCH3 is 2. The minimum absolute atomic E-state index is 0.109. The number of hydrogen-bond acceptors (Lipinski definition) is 8. The number of amides is 1. The molecule has 2 aromatic heterocycles. The van der Waals surface area contributed by atoms with Crippen molar-refractivity contribution in [2.75, 3.05) is 65.4 Å². The summed E-state index contributed by atoms with van der Waals surface area (Å²) in [6.45, 7) is 5.27. The first-order valence-electron chi connectivity index (χ1n) is 12.2. The molecule has 0 saturated carbocycles. The van der Waals surface area contributed by atoms with Gasteiger partial charge in [0.15, 0.2) is 11.5 Å². The molecule has 9 nitrogen and oxygen atoms in total. The number of pyridine rings is 1. The molecule has 0 spiro atoms. The van der Waals surface area contributed by atoms with Gasteiger partial charge in [-0.3, -0.25) is 9.78 Å². The SMILES string of the molecule is COc1ccc(C(=O)N2CCC(c3ncnc4cc(N5CCN(C)CC5)cnc34)CC2)c(Cl)c1OC. The van der Waals surface area contributed by atoms with Gasteiger partial charge < -0.3 is 24.2 Å². The van der Waals surface area contributed by atoms with Crippen LogP contribution in [0.3, 0.4) is 0 Å². The number of ether oxygens (including phenoxy) is 2. The van der Waals surface area contributed by atoms with Crippen molar-refractivity contribution < 1.29 is 14.3 Å². The molecular weight excluding hydrogens is 480 g/mol. The third kappa shape index (κ3) is 4.65. The number of carbonyl (C=O) groups excluding carboxylic acids is 1. The largest absolute Gasteiger partial charge is 0.493 e. The molecule has 3 aromatic rings. The van der Waals surface area contributed by atoms with E-state index in [1.807, 2.05) is 11.1 Å². The van der Waals surface area contributed by atoms with Crippen LogP contribution in [0.5, 0.6) is 11.5 Å². The summed E-state index contributed by atoms with van der Waals surface area (Å²) in [6, 6.07) is 5.52. The zero-order valence-corrected chi connectivity index (χ0v) is 21.7. The number of aromatic nitrogens is 3. The Balaban J connectivity index is 1.30. The molecule has 5 rings (SSSR count). The lowest BCUT2D eigenvalue weighted by molar-refractivity contribution is 0.0712. The molecule has 2 saturated heterocycles. The number of piperazine rings is 1. The van der Waals surface area contributed by atoms with Crippen LogP contribution >= 0.6 is 11.6 Å². The van der Waals surface area contributed by atoms with E-state index in [4.69, 9.17) is 26.1 Å². The number of rotatable bonds is 5. The van der Waals surface area contributed by atoms with Crippen LogP contribution in [0.1, 0.15) is 34.8 Å². The highest BCUT2D eigenvalue weighted by molar-refractivity contribution is 6.35. The Bertz CT molecular complexity index is 1260. The summed E-state index contributed by atoms with van der Waals surface area (Å²) >= 11 is 6.49. The van der Waals surface area contributed by atoms with E-state index >= 15 is 0 Å². The van der Waals surface area contributed by atoms with E-state index in [2.05, 4.69) is 32.9 Å². The second kappa shape index (κ2) is 10.4. The van der Waals surface area contributed by atoms with Crippen molar-refractivity contribution in [3.8, 4) is 11.5 Å². The summed E-state index contributed by atoms with van der Waals surface area (Å²) in [4.78, 5) is 33.7. The molecule has 2 aliphatic heterocycles. The average Bonchev–Trinajstić information content (AvgIpc) is 2.92. The predicted octanol–water partition coefficient (Wildman–Crippen LogP) is 3.47. The van der Waals surface area contributed by atoms with Crippen LogP contribution in [0.2, 0.25) is 5.02 Å². The van der Waals surface area contributed by atoms with Crippen molar-refractivity contribution in [1.29, 1.82) is 0 Å². The molecule has 0 unspecified atom stereocenters. The summed E-state index contributed by atoms with van der Waals surface area (Å²) in [7, 11) is 5.20. The third-order valence-corrected chi connectivity index (χ3v) is 7.62. The van der Waals surface area contributed by atoms with Gasteiger partial charge in [0.05, 0.1) is 47.9 Å². The van der Waals surface area contributed by atoms with Gasteiger partial charge in [-0.25, -0.2) is 9.97 Å². The maximum atomic E-state index is 13.3. The normalized spacial score (nSPS) is 17.4. The molecule has 0 bridgehead atoms. The highest BCUT2D eigenvalue weighted by atomic mass is 35.5. The number of hydrogen-bond donors (Lipinski definition) is 0. The topological polar surface area (TPSA) is 83.9 Å². The number of carbonyl (C=O) groups is 1. The molecule has 36 heavy (non-hydrogen) atoms. The number of fused-ring (bicyclic) bond motifs is 1. The Hall–Kier alpha value is -3.17.